The number of aliphatic hydroxyl groups is 1. The third-order valence-corrected chi connectivity index (χ3v) is 2.73. The van der Waals surface area contributed by atoms with Gasteiger partial charge in [0.1, 0.15) is 5.75 Å². The van der Waals surface area contributed by atoms with E-state index < -0.39 is 6.10 Å². The zero-order valence-corrected chi connectivity index (χ0v) is 9.45. The van der Waals surface area contributed by atoms with Crippen LogP contribution in [-0.4, -0.2) is 23.7 Å². The van der Waals surface area contributed by atoms with Crippen LogP contribution in [-0.2, 0) is 0 Å². The SMILES string of the molecule is COc1cc(C)cc2c(C(O)CN)c[nH]c12. The predicted octanol–water partition coefficient (Wildman–Crippen LogP) is 1.48. The Morgan fingerprint density at radius 1 is 1.50 bits per heavy atom. The zero-order chi connectivity index (χ0) is 11.7. The quantitative estimate of drug-likeness (QED) is 0.733. The standard InChI is InChI=1S/C12H16N2O2/c1-7-3-8-9(10(15)5-13)6-14-12(8)11(4-7)16-2/h3-4,6,10,14-15H,5,13H2,1-2H3. The van der Waals surface area contributed by atoms with Crippen molar-refractivity contribution in [2.24, 2.45) is 5.73 Å². The summed E-state index contributed by atoms with van der Waals surface area (Å²) in [4.78, 5) is 3.11. The van der Waals surface area contributed by atoms with E-state index in [0.29, 0.717) is 0 Å². The van der Waals surface area contributed by atoms with Gasteiger partial charge in [0.25, 0.3) is 0 Å². The lowest BCUT2D eigenvalue weighted by molar-refractivity contribution is 0.188. The van der Waals surface area contributed by atoms with Gasteiger partial charge in [-0.2, -0.15) is 0 Å². The Kier molecular flexibility index (Phi) is 2.85. The summed E-state index contributed by atoms with van der Waals surface area (Å²) in [6.45, 7) is 2.21. The van der Waals surface area contributed by atoms with Gasteiger partial charge >= 0.3 is 0 Å². The van der Waals surface area contributed by atoms with Gasteiger partial charge in [-0.05, 0) is 24.6 Å². The fraction of sp³-hybridized carbons (Fsp3) is 0.333. The molecule has 1 aromatic carbocycles. The predicted molar refractivity (Wildman–Crippen MR) is 63.6 cm³/mol. The van der Waals surface area contributed by atoms with Crippen molar-refractivity contribution in [3.05, 3.63) is 29.5 Å². The maximum atomic E-state index is 9.78. The van der Waals surface area contributed by atoms with Gasteiger partial charge in [-0.1, -0.05) is 0 Å². The molecule has 1 unspecified atom stereocenters. The lowest BCUT2D eigenvalue weighted by Gasteiger charge is -2.08. The van der Waals surface area contributed by atoms with Crippen molar-refractivity contribution in [1.29, 1.82) is 0 Å². The van der Waals surface area contributed by atoms with E-state index >= 15 is 0 Å². The molecule has 0 aliphatic rings. The van der Waals surface area contributed by atoms with E-state index in [1.165, 1.54) is 0 Å². The Morgan fingerprint density at radius 2 is 2.25 bits per heavy atom. The van der Waals surface area contributed by atoms with Crippen LogP contribution in [0.5, 0.6) is 5.75 Å². The Balaban J connectivity index is 2.67. The van der Waals surface area contributed by atoms with Crippen molar-refractivity contribution in [2.75, 3.05) is 13.7 Å². The molecule has 1 atom stereocenters. The molecule has 0 aliphatic carbocycles. The summed E-state index contributed by atoms with van der Waals surface area (Å²) < 4.78 is 5.29. The third kappa shape index (κ3) is 1.66. The number of nitrogens with two attached hydrogens (primary N) is 1. The largest absolute Gasteiger partial charge is 0.495 e. The number of aromatic amines is 1. The van der Waals surface area contributed by atoms with E-state index in [1.54, 1.807) is 13.3 Å². The average Bonchev–Trinajstić information content (AvgIpc) is 2.70. The van der Waals surface area contributed by atoms with Crippen LogP contribution in [0.4, 0.5) is 0 Å². The number of rotatable bonds is 3. The van der Waals surface area contributed by atoms with Crippen LogP contribution >= 0.6 is 0 Å². The Morgan fingerprint density at radius 3 is 2.88 bits per heavy atom. The van der Waals surface area contributed by atoms with Gasteiger partial charge < -0.3 is 20.6 Å². The molecular formula is C12H16N2O2. The molecule has 0 spiro atoms. The first kappa shape index (κ1) is 11.0. The molecule has 1 heterocycles. The smallest absolute Gasteiger partial charge is 0.143 e. The van der Waals surface area contributed by atoms with Crippen molar-refractivity contribution in [2.45, 2.75) is 13.0 Å². The highest BCUT2D eigenvalue weighted by atomic mass is 16.5. The third-order valence-electron chi connectivity index (χ3n) is 2.73. The molecule has 0 radical (unpaired) electrons. The number of hydrogen-bond donors (Lipinski definition) is 3. The summed E-state index contributed by atoms with van der Waals surface area (Å²) in [5.41, 5.74) is 8.28. The van der Waals surface area contributed by atoms with E-state index in [4.69, 9.17) is 10.5 Å². The summed E-state index contributed by atoms with van der Waals surface area (Å²) in [6, 6.07) is 3.97. The first-order valence-electron chi connectivity index (χ1n) is 5.21. The fourth-order valence-corrected chi connectivity index (χ4v) is 1.92. The number of H-pyrrole nitrogens is 1. The number of nitrogens with one attached hydrogen (secondary N) is 1. The topological polar surface area (TPSA) is 71.3 Å². The van der Waals surface area contributed by atoms with E-state index in [1.807, 2.05) is 19.1 Å². The molecule has 0 fully saturated rings. The number of ether oxygens (including phenoxy) is 1. The van der Waals surface area contributed by atoms with Crippen LogP contribution in [0.2, 0.25) is 0 Å². The summed E-state index contributed by atoms with van der Waals surface area (Å²) in [5, 5.41) is 10.8. The number of methoxy groups -OCH3 is 1. The summed E-state index contributed by atoms with van der Waals surface area (Å²) in [6.07, 6.45) is 1.14. The number of benzene rings is 1. The van der Waals surface area contributed by atoms with Crippen LogP contribution in [0, 0.1) is 6.92 Å². The second kappa shape index (κ2) is 4.15. The number of fused-ring (bicyclic) bond motifs is 1. The van der Waals surface area contributed by atoms with Crippen molar-refractivity contribution in [3.8, 4) is 5.75 Å². The maximum Gasteiger partial charge on any atom is 0.143 e. The molecule has 2 aromatic rings. The maximum absolute atomic E-state index is 9.78. The first-order chi connectivity index (χ1) is 7.67. The fourth-order valence-electron chi connectivity index (χ4n) is 1.92. The second-order valence-corrected chi connectivity index (χ2v) is 3.89. The second-order valence-electron chi connectivity index (χ2n) is 3.89. The first-order valence-corrected chi connectivity index (χ1v) is 5.21. The minimum Gasteiger partial charge on any atom is -0.495 e. The molecule has 1 aromatic heterocycles. The van der Waals surface area contributed by atoms with Crippen molar-refractivity contribution in [3.63, 3.8) is 0 Å². The van der Waals surface area contributed by atoms with E-state index in [-0.39, 0.29) is 6.54 Å². The molecule has 4 nitrogen and oxygen atoms in total. The van der Waals surface area contributed by atoms with Crippen molar-refractivity contribution in [1.82, 2.24) is 4.98 Å². The van der Waals surface area contributed by atoms with Gasteiger partial charge in [-0.15, -0.1) is 0 Å². The molecule has 4 heteroatoms. The molecule has 4 N–H and O–H groups in total. The number of hydrogen-bond acceptors (Lipinski definition) is 3. The van der Waals surface area contributed by atoms with Crippen LogP contribution in [0.25, 0.3) is 10.9 Å². The van der Waals surface area contributed by atoms with Crippen LogP contribution in [0.15, 0.2) is 18.3 Å². The Bertz CT molecular complexity index is 505. The Labute approximate surface area is 94.0 Å². The molecule has 16 heavy (non-hydrogen) atoms. The molecule has 2 rings (SSSR count). The molecular weight excluding hydrogens is 204 g/mol. The lowest BCUT2D eigenvalue weighted by atomic mass is 10.1. The normalized spacial score (nSPS) is 13.0. The highest BCUT2D eigenvalue weighted by Gasteiger charge is 2.14. The van der Waals surface area contributed by atoms with E-state index in [0.717, 1.165) is 27.8 Å². The minimum absolute atomic E-state index is 0.212. The molecule has 0 bridgehead atoms. The van der Waals surface area contributed by atoms with Gasteiger partial charge in [0.2, 0.25) is 0 Å². The van der Waals surface area contributed by atoms with Gasteiger partial charge in [-0.3, -0.25) is 0 Å². The monoisotopic (exact) mass is 220 g/mol. The van der Waals surface area contributed by atoms with Crippen LogP contribution in [0.1, 0.15) is 17.2 Å². The van der Waals surface area contributed by atoms with E-state index in [2.05, 4.69) is 4.98 Å². The van der Waals surface area contributed by atoms with Gasteiger partial charge in [-0.25, -0.2) is 0 Å². The van der Waals surface area contributed by atoms with Gasteiger partial charge in [0.05, 0.1) is 18.7 Å². The number of aliphatic hydroxyl groups excluding tert-OH is 1. The summed E-state index contributed by atoms with van der Waals surface area (Å²) in [5.74, 6) is 0.783. The van der Waals surface area contributed by atoms with Crippen LogP contribution in [0.3, 0.4) is 0 Å². The zero-order valence-electron chi connectivity index (χ0n) is 9.45. The van der Waals surface area contributed by atoms with Crippen molar-refractivity contribution >= 4 is 10.9 Å². The summed E-state index contributed by atoms with van der Waals surface area (Å²) in [7, 11) is 1.63. The molecule has 0 amide bonds. The lowest BCUT2D eigenvalue weighted by Crippen LogP contribution is -2.10. The summed E-state index contributed by atoms with van der Waals surface area (Å²) >= 11 is 0. The minimum atomic E-state index is -0.639. The number of aryl methyl sites for hydroxylation is 1. The highest BCUT2D eigenvalue weighted by molar-refractivity contribution is 5.89. The van der Waals surface area contributed by atoms with E-state index in [9.17, 15) is 5.11 Å². The molecule has 0 saturated carbocycles. The molecule has 86 valence electrons. The molecule has 0 aliphatic heterocycles. The average molecular weight is 220 g/mol. The number of aromatic nitrogens is 1. The Hall–Kier alpha value is -1.52. The highest BCUT2D eigenvalue weighted by Crippen LogP contribution is 2.31. The molecule has 0 saturated heterocycles. The van der Waals surface area contributed by atoms with Crippen molar-refractivity contribution < 1.29 is 9.84 Å². The van der Waals surface area contributed by atoms with Crippen LogP contribution < -0.4 is 10.5 Å². The van der Waals surface area contributed by atoms with Gasteiger partial charge in [0, 0.05) is 23.7 Å². The van der Waals surface area contributed by atoms with Gasteiger partial charge in [0.15, 0.2) is 0 Å².